The predicted octanol–water partition coefficient (Wildman–Crippen LogP) is 1.74. The van der Waals surface area contributed by atoms with E-state index in [1.807, 2.05) is 0 Å². The van der Waals surface area contributed by atoms with Gasteiger partial charge in [-0.05, 0) is 26.0 Å². The molecule has 0 unspecified atom stereocenters. The third-order valence-corrected chi connectivity index (χ3v) is 4.21. The van der Waals surface area contributed by atoms with E-state index in [1.165, 1.54) is 24.4 Å². The number of nitro groups is 1. The van der Waals surface area contributed by atoms with Crippen molar-refractivity contribution in [3.8, 4) is 0 Å². The molecule has 2 aromatic rings. The number of anilines is 1. The van der Waals surface area contributed by atoms with Crippen LogP contribution in [0.4, 0.5) is 11.4 Å². The summed E-state index contributed by atoms with van der Waals surface area (Å²) in [6.45, 7) is 3.13. The van der Waals surface area contributed by atoms with E-state index in [-0.39, 0.29) is 16.3 Å². The van der Waals surface area contributed by atoms with Crippen molar-refractivity contribution in [2.24, 2.45) is 0 Å². The van der Waals surface area contributed by atoms with Crippen molar-refractivity contribution in [2.45, 2.75) is 18.7 Å². The summed E-state index contributed by atoms with van der Waals surface area (Å²) in [6.07, 6.45) is 1.20. The number of aromatic amines is 1. The number of hydrogen-bond acceptors (Lipinski definition) is 5. The van der Waals surface area contributed by atoms with Gasteiger partial charge >= 0.3 is 0 Å². The Balaban J connectivity index is 2.33. The molecule has 0 radical (unpaired) electrons. The van der Waals surface area contributed by atoms with Crippen molar-refractivity contribution < 1.29 is 13.3 Å². The minimum absolute atomic E-state index is 0.0357. The normalized spacial score (nSPS) is 11.3. The van der Waals surface area contributed by atoms with Gasteiger partial charge in [-0.25, -0.2) is 8.42 Å². The van der Waals surface area contributed by atoms with Crippen molar-refractivity contribution in [1.29, 1.82) is 0 Å². The Hall–Kier alpha value is -2.42. The first-order chi connectivity index (χ1) is 9.31. The topological polar surface area (TPSA) is 118 Å². The monoisotopic (exact) mass is 296 g/mol. The lowest BCUT2D eigenvalue weighted by atomic mass is 10.2. The fourth-order valence-corrected chi connectivity index (χ4v) is 2.93. The molecule has 0 spiro atoms. The fourth-order valence-electron chi connectivity index (χ4n) is 1.74. The van der Waals surface area contributed by atoms with Crippen LogP contribution in [0.15, 0.2) is 29.3 Å². The highest BCUT2D eigenvalue weighted by Crippen LogP contribution is 2.24. The fraction of sp³-hybridized carbons (Fsp3) is 0.182. The van der Waals surface area contributed by atoms with Gasteiger partial charge in [0.2, 0.25) is 0 Å². The Kier molecular flexibility index (Phi) is 3.45. The van der Waals surface area contributed by atoms with Crippen molar-refractivity contribution in [3.63, 3.8) is 0 Å². The summed E-state index contributed by atoms with van der Waals surface area (Å²) in [6, 6.07) is 4.01. The van der Waals surface area contributed by atoms with Gasteiger partial charge in [0.15, 0.2) is 0 Å². The molecule has 0 saturated heterocycles. The van der Waals surface area contributed by atoms with Crippen LogP contribution in [-0.4, -0.2) is 23.5 Å². The highest BCUT2D eigenvalue weighted by molar-refractivity contribution is 7.92. The van der Waals surface area contributed by atoms with E-state index < -0.39 is 14.9 Å². The van der Waals surface area contributed by atoms with E-state index in [4.69, 9.17) is 0 Å². The van der Waals surface area contributed by atoms with E-state index in [9.17, 15) is 18.5 Å². The molecule has 0 bridgehead atoms. The summed E-state index contributed by atoms with van der Waals surface area (Å²) in [7, 11) is -3.76. The van der Waals surface area contributed by atoms with E-state index in [1.54, 1.807) is 13.8 Å². The second kappa shape index (κ2) is 4.93. The molecule has 1 aromatic heterocycles. The number of nitrogens with zero attached hydrogens (tertiary/aromatic N) is 2. The standard InChI is InChI=1S/C11H12N4O4S/c1-7-5-9(3-4-10(7)15(16)17)14-20(18,19)11-6-12-13-8(11)2/h3-6,14H,1-2H3,(H,12,13). The zero-order valence-electron chi connectivity index (χ0n) is 10.7. The molecular weight excluding hydrogens is 284 g/mol. The number of aryl methyl sites for hydroxylation is 2. The van der Waals surface area contributed by atoms with Crippen LogP contribution in [-0.2, 0) is 10.0 Å². The first kappa shape index (κ1) is 14.0. The summed E-state index contributed by atoms with van der Waals surface area (Å²) >= 11 is 0. The predicted molar refractivity (Wildman–Crippen MR) is 72.0 cm³/mol. The lowest BCUT2D eigenvalue weighted by Crippen LogP contribution is -2.13. The van der Waals surface area contributed by atoms with Gasteiger partial charge in [-0.1, -0.05) is 0 Å². The van der Waals surface area contributed by atoms with Crippen LogP contribution < -0.4 is 4.72 Å². The maximum atomic E-state index is 12.1. The lowest BCUT2D eigenvalue weighted by Gasteiger charge is -2.08. The average Bonchev–Trinajstić information content (AvgIpc) is 2.75. The molecule has 0 saturated carbocycles. The molecule has 20 heavy (non-hydrogen) atoms. The summed E-state index contributed by atoms with van der Waals surface area (Å²) in [5, 5.41) is 16.9. The first-order valence-electron chi connectivity index (χ1n) is 5.59. The van der Waals surface area contributed by atoms with E-state index in [0.717, 1.165) is 0 Å². The summed E-state index contributed by atoms with van der Waals surface area (Å²) in [4.78, 5) is 10.2. The maximum absolute atomic E-state index is 12.1. The summed E-state index contributed by atoms with van der Waals surface area (Å²) < 4.78 is 26.6. The molecule has 0 atom stereocenters. The molecule has 9 heteroatoms. The molecule has 0 amide bonds. The molecule has 2 N–H and O–H groups in total. The van der Waals surface area contributed by atoms with Crippen LogP contribution in [0.5, 0.6) is 0 Å². The van der Waals surface area contributed by atoms with Crippen molar-refractivity contribution >= 4 is 21.4 Å². The Labute approximate surface area is 115 Å². The van der Waals surface area contributed by atoms with Gasteiger partial charge in [0, 0.05) is 17.3 Å². The van der Waals surface area contributed by atoms with Crippen LogP contribution in [0, 0.1) is 24.0 Å². The SMILES string of the molecule is Cc1cc(NS(=O)(=O)c2cn[nH]c2C)ccc1[N+](=O)[O-]. The largest absolute Gasteiger partial charge is 0.281 e. The van der Waals surface area contributed by atoms with Gasteiger partial charge in [0.1, 0.15) is 4.90 Å². The number of hydrogen-bond donors (Lipinski definition) is 2. The molecule has 1 heterocycles. The van der Waals surface area contributed by atoms with Gasteiger partial charge in [-0.3, -0.25) is 19.9 Å². The van der Waals surface area contributed by atoms with Crippen molar-refractivity contribution in [1.82, 2.24) is 10.2 Å². The van der Waals surface area contributed by atoms with Crippen LogP contribution in [0.3, 0.4) is 0 Å². The minimum Gasteiger partial charge on any atom is -0.281 e. The summed E-state index contributed by atoms with van der Waals surface area (Å²) in [5.41, 5.74) is 0.983. The zero-order valence-corrected chi connectivity index (χ0v) is 11.6. The number of rotatable bonds is 4. The number of aromatic nitrogens is 2. The Morgan fingerprint density at radius 3 is 2.55 bits per heavy atom. The second-order valence-electron chi connectivity index (χ2n) is 4.22. The number of benzene rings is 1. The quantitative estimate of drug-likeness (QED) is 0.658. The smallest absolute Gasteiger partial charge is 0.272 e. The Bertz CT molecular complexity index is 766. The zero-order chi connectivity index (χ0) is 14.9. The van der Waals surface area contributed by atoms with Crippen molar-refractivity contribution in [3.05, 3.63) is 45.8 Å². The van der Waals surface area contributed by atoms with Gasteiger partial charge in [-0.2, -0.15) is 5.10 Å². The molecular formula is C11H12N4O4S. The van der Waals surface area contributed by atoms with Crippen LogP contribution in [0.25, 0.3) is 0 Å². The maximum Gasteiger partial charge on any atom is 0.272 e. The van der Waals surface area contributed by atoms with Gasteiger partial charge in [-0.15, -0.1) is 0 Å². The van der Waals surface area contributed by atoms with E-state index >= 15 is 0 Å². The lowest BCUT2D eigenvalue weighted by molar-refractivity contribution is -0.385. The van der Waals surface area contributed by atoms with Crippen LogP contribution in [0.1, 0.15) is 11.3 Å². The Morgan fingerprint density at radius 2 is 2.05 bits per heavy atom. The van der Waals surface area contributed by atoms with Crippen LogP contribution in [0.2, 0.25) is 0 Å². The molecule has 8 nitrogen and oxygen atoms in total. The third kappa shape index (κ3) is 2.62. The third-order valence-electron chi connectivity index (χ3n) is 2.72. The van der Waals surface area contributed by atoms with E-state index in [0.29, 0.717) is 11.3 Å². The molecule has 2 rings (SSSR count). The van der Waals surface area contributed by atoms with Gasteiger partial charge in [0.25, 0.3) is 15.7 Å². The highest BCUT2D eigenvalue weighted by Gasteiger charge is 2.19. The highest BCUT2D eigenvalue weighted by atomic mass is 32.2. The molecule has 0 aliphatic heterocycles. The average molecular weight is 296 g/mol. The number of nitrogens with one attached hydrogen (secondary N) is 2. The van der Waals surface area contributed by atoms with E-state index in [2.05, 4.69) is 14.9 Å². The molecule has 1 aromatic carbocycles. The second-order valence-corrected chi connectivity index (χ2v) is 5.87. The number of H-pyrrole nitrogens is 1. The molecule has 0 aliphatic rings. The Morgan fingerprint density at radius 1 is 1.35 bits per heavy atom. The van der Waals surface area contributed by atoms with Crippen LogP contribution >= 0.6 is 0 Å². The minimum atomic E-state index is -3.76. The van der Waals surface area contributed by atoms with Gasteiger partial charge in [0.05, 0.1) is 16.8 Å². The first-order valence-corrected chi connectivity index (χ1v) is 7.07. The van der Waals surface area contributed by atoms with Crippen molar-refractivity contribution in [2.75, 3.05) is 4.72 Å². The number of nitro benzene ring substituents is 1. The molecule has 0 aliphatic carbocycles. The van der Waals surface area contributed by atoms with Gasteiger partial charge < -0.3 is 0 Å². The molecule has 0 fully saturated rings. The number of sulfonamides is 1. The molecule has 106 valence electrons. The summed E-state index contributed by atoms with van der Waals surface area (Å²) in [5.74, 6) is 0.